The maximum atomic E-state index is 11.7. The van der Waals surface area contributed by atoms with Crippen LogP contribution in [0.4, 0.5) is 5.82 Å². The highest BCUT2D eigenvalue weighted by Crippen LogP contribution is 2.27. The summed E-state index contributed by atoms with van der Waals surface area (Å²) in [5.74, 6) is 1.18. The molecular formula is C13H19N5O2S. The molecule has 1 unspecified atom stereocenters. The molecule has 2 aromatic heterocycles. The van der Waals surface area contributed by atoms with E-state index in [4.69, 9.17) is 0 Å². The molecule has 1 atom stereocenters. The van der Waals surface area contributed by atoms with Gasteiger partial charge in [-0.15, -0.1) is 0 Å². The van der Waals surface area contributed by atoms with Crippen molar-refractivity contribution in [2.75, 3.05) is 30.8 Å². The van der Waals surface area contributed by atoms with Crippen LogP contribution < -0.4 is 9.62 Å². The van der Waals surface area contributed by atoms with Gasteiger partial charge in [-0.2, -0.15) is 0 Å². The Morgan fingerprint density at radius 1 is 1.48 bits per heavy atom. The fraction of sp³-hybridized carbons (Fsp3) is 0.538. The first-order valence-corrected chi connectivity index (χ1v) is 8.68. The number of H-pyrrole nitrogens is 1. The van der Waals surface area contributed by atoms with E-state index in [1.807, 2.05) is 12.3 Å². The number of hydrogen-bond donors (Lipinski definition) is 2. The summed E-state index contributed by atoms with van der Waals surface area (Å²) >= 11 is 0. The number of anilines is 1. The molecule has 7 nitrogen and oxygen atoms in total. The molecule has 2 aromatic rings. The van der Waals surface area contributed by atoms with Crippen molar-refractivity contribution in [2.24, 2.45) is 5.92 Å². The van der Waals surface area contributed by atoms with Crippen molar-refractivity contribution in [3.05, 3.63) is 18.6 Å². The van der Waals surface area contributed by atoms with Crippen molar-refractivity contribution in [1.82, 2.24) is 19.7 Å². The Kier molecular flexibility index (Phi) is 3.81. The summed E-state index contributed by atoms with van der Waals surface area (Å²) in [5, 5.41) is 0.981. The third-order valence-corrected chi connectivity index (χ3v) is 5.45. The van der Waals surface area contributed by atoms with Gasteiger partial charge in [0.05, 0.1) is 11.1 Å². The van der Waals surface area contributed by atoms with Crippen LogP contribution in [0.5, 0.6) is 0 Å². The number of nitrogens with one attached hydrogen (secondary N) is 2. The summed E-state index contributed by atoms with van der Waals surface area (Å²) in [4.78, 5) is 13.8. The van der Waals surface area contributed by atoms with Crippen LogP contribution in [0.15, 0.2) is 18.6 Å². The summed E-state index contributed by atoms with van der Waals surface area (Å²) in [6.07, 6.45) is 5.29. The molecule has 0 spiro atoms. The molecule has 21 heavy (non-hydrogen) atoms. The monoisotopic (exact) mass is 309 g/mol. The molecule has 8 heteroatoms. The van der Waals surface area contributed by atoms with Crippen molar-refractivity contribution in [1.29, 1.82) is 0 Å². The van der Waals surface area contributed by atoms with Gasteiger partial charge in [0.25, 0.3) is 0 Å². The lowest BCUT2D eigenvalue weighted by molar-refractivity contribution is 0.441. The molecule has 1 saturated heterocycles. The fourth-order valence-corrected chi connectivity index (χ4v) is 3.96. The number of fused-ring (bicyclic) bond motifs is 1. The summed E-state index contributed by atoms with van der Waals surface area (Å²) < 4.78 is 25.8. The Hall–Kier alpha value is -1.67. The lowest BCUT2D eigenvalue weighted by Crippen LogP contribution is -2.40. The zero-order valence-electron chi connectivity index (χ0n) is 11.9. The van der Waals surface area contributed by atoms with E-state index in [9.17, 15) is 8.42 Å². The second-order valence-electron chi connectivity index (χ2n) is 5.38. The normalized spacial score (nSPS) is 20.0. The van der Waals surface area contributed by atoms with E-state index in [-0.39, 0.29) is 11.7 Å². The average Bonchev–Trinajstić information content (AvgIpc) is 2.95. The Labute approximate surface area is 123 Å². The molecular weight excluding hydrogens is 290 g/mol. The summed E-state index contributed by atoms with van der Waals surface area (Å²) in [6.45, 7) is 1.60. The number of piperidine rings is 1. The summed E-state index contributed by atoms with van der Waals surface area (Å²) in [6, 6.07) is 1.96. The van der Waals surface area contributed by atoms with Crippen LogP contribution in [0.25, 0.3) is 11.0 Å². The number of nitrogens with zero attached hydrogens (tertiary/aromatic N) is 3. The number of rotatable bonds is 4. The highest BCUT2D eigenvalue weighted by Gasteiger charge is 2.26. The minimum Gasteiger partial charge on any atom is -0.356 e. The van der Waals surface area contributed by atoms with Crippen molar-refractivity contribution >= 4 is 26.9 Å². The lowest BCUT2D eigenvalue weighted by atomic mass is 10.00. The van der Waals surface area contributed by atoms with Crippen molar-refractivity contribution in [3.63, 3.8) is 0 Å². The van der Waals surface area contributed by atoms with Gasteiger partial charge in [-0.3, -0.25) is 0 Å². The Balaban J connectivity index is 1.81. The van der Waals surface area contributed by atoms with Gasteiger partial charge in [0.2, 0.25) is 10.0 Å². The second-order valence-corrected chi connectivity index (χ2v) is 7.35. The molecule has 0 bridgehead atoms. The molecule has 3 heterocycles. The van der Waals surface area contributed by atoms with E-state index in [0.29, 0.717) is 6.54 Å². The molecule has 1 aliphatic rings. The Morgan fingerprint density at radius 2 is 2.33 bits per heavy atom. The molecule has 0 radical (unpaired) electrons. The van der Waals surface area contributed by atoms with Gasteiger partial charge in [0.15, 0.2) is 0 Å². The van der Waals surface area contributed by atoms with Gasteiger partial charge < -0.3 is 9.88 Å². The van der Waals surface area contributed by atoms with Gasteiger partial charge in [-0.05, 0) is 31.9 Å². The molecule has 0 aromatic carbocycles. The van der Waals surface area contributed by atoms with Crippen LogP contribution in [-0.2, 0) is 10.0 Å². The van der Waals surface area contributed by atoms with Gasteiger partial charge in [-0.25, -0.2) is 23.1 Å². The zero-order chi connectivity index (χ0) is 14.9. The molecule has 1 fully saturated rings. The molecule has 0 saturated carbocycles. The first-order valence-electron chi connectivity index (χ1n) is 7.03. The van der Waals surface area contributed by atoms with Gasteiger partial charge >= 0.3 is 0 Å². The van der Waals surface area contributed by atoms with Gasteiger partial charge in [-0.1, -0.05) is 0 Å². The summed E-state index contributed by atoms with van der Waals surface area (Å²) in [7, 11) is -1.71. The quantitative estimate of drug-likeness (QED) is 0.868. The second kappa shape index (κ2) is 5.61. The fourth-order valence-electron chi connectivity index (χ4n) is 2.90. The third kappa shape index (κ3) is 3.01. The molecule has 0 aliphatic carbocycles. The third-order valence-electron chi connectivity index (χ3n) is 3.92. The Bertz CT molecular complexity index is 727. The minimum absolute atomic E-state index is 0.125. The molecule has 1 aliphatic heterocycles. The van der Waals surface area contributed by atoms with E-state index < -0.39 is 10.0 Å². The maximum Gasteiger partial charge on any atom is 0.211 e. The van der Waals surface area contributed by atoms with E-state index in [2.05, 4.69) is 24.6 Å². The van der Waals surface area contributed by atoms with E-state index in [1.165, 1.54) is 7.05 Å². The molecule has 3 rings (SSSR count). The average molecular weight is 309 g/mol. The number of aromatic amines is 1. The van der Waals surface area contributed by atoms with Crippen LogP contribution in [0, 0.1) is 5.92 Å². The molecule has 2 N–H and O–H groups in total. The molecule has 114 valence electrons. The number of hydrogen-bond acceptors (Lipinski definition) is 5. The maximum absolute atomic E-state index is 11.7. The van der Waals surface area contributed by atoms with Crippen molar-refractivity contribution < 1.29 is 8.42 Å². The van der Waals surface area contributed by atoms with Crippen LogP contribution in [0.3, 0.4) is 0 Å². The van der Waals surface area contributed by atoms with Crippen LogP contribution in [0.2, 0.25) is 0 Å². The number of sulfonamides is 1. The van der Waals surface area contributed by atoms with E-state index in [1.54, 1.807) is 6.33 Å². The molecule has 0 amide bonds. The van der Waals surface area contributed by atoms with Crippen molar-refractivity contribution in [2.45, 2.75) is 12.8 Å². The van der Waals surface area contributed by atoms with Gasteiger partial charge in [0.1, 0.15) is 17.8 Å². The topological polar surface area (TPSA) is 91.0 Å². The minimum atomic E-state index is -3.17. The number of aromatic nitrogens is 3. The van der Waals surface area contributed by atoms with Crippen molar-refractivity contribution in [3.8, 4) is 0 Å². The van der Waals surface area contributed by atoms with E-state index >= 15 is 0 Å². The smallest absolute Gasteiger partial charge is 0.211 e. The Morgan fingerprint density at radius 3 is 3.14 bits per heavy atom. The van der Waals surface area contributed by atoms with Crippen LogP contribution in [-0.4, -0.2) is 49.3 Å². The summed E-state index contributed by atoms with van der Waals surface area (Å²) in [5.41, 5.74) is 0.810. The van der Waals surface area contributed by atoms with Crippen LogP contribution >= 0.6 is 0 Å². The zero-order valence-corrected chi connectivity index (χ0v) is 12.7. The first kappa shape index (κ1) is 14.3. The van der Waals surface area contributed by atoms with Crippen LogP contribution in [0.1, 0.15) is 12.8 Å². The largest absolute Gasteiger partial charge is 0.356 e. The SMILES string of the molecule is CNS(=O)(=O)CC1CCCN(c2ncnc3[nH]ccc23)C1. The highest BCUT2D eigenvalue weighted by molar-refractivity contribution is 7.89. The lowest BCUT2D eigenvalue weighted by Gasteiger charge is -2.33. The standard InChI is InChI=1S/C13H19N5O2S/c1-14-21(19,20)8-10-3-2-6-18(7-10)13-11-4-5-15-12(11)16-9-17-13/h4-5,9-10,14H,2-3,6-8H2,1H3,(H,15,16,17). The highest BCUT2D eigenvalue weighted by atomic mass is 32.2. The van der Waals surface area contributed by atoms with E-state index in [0.717, 1.165) is 36.2 Å². The first-order chi connectivity index (χ1) is 10.1. The van der Waals surface area contributed by atoms with Gasteiger partial charge in [0, 0.05) is 19.3 Å². The predicted octanol–water partition coefficient (Wildman–Crippen LogP) is 0.723. The predicted molar refractivity (Wildman–Crippen MR) is 81.7 cm³/mol.